The monoisotopic (exact) mass is 1310 g/mol. The molecule has 0 spiro atoms. The first-order valence-electron chi connectivity index (χ1n) is 36.6. The second-order valence-corrected chi connectivity index (χ2v) is 28.7. The molecule has 17 nitrogen and oxygen atoms in total. The van der Waals surface area contributed by atoms with Gasteiger partial charge in [-0.05, 0) is 31.6 Å². The molecule has 0 saturated carbocycles. The predicted octanol–water partition coefficient (Wildman–Crippen LogP) is 20.1. The van der Waals surface area contributed by atoms with Crippen LogP contribution in [0, 0.1) is 5.92 Å². The van der Waals surface area contributed by atoms with Crippen molar-refractivity contribution in [3.63, 3.8) is 0 Å². The molecule has 0 saturated heterocycles. The van der Waals surface area contributed by atoms with Gasteiger partial charge in [-0.2, -0.15) is 0 Å². The van der Waals surface area contributed by atoms with Gasteiger partial charge in [-0.1, -0.05) is 311 Å². The van der Waals surface area contributed by atoms with Crippen LogP contribution in [-0.2, 0) is 65.4 Å². The Balaban J connectivity index is 5.12. The molecule has 0 bridgehead atoms. The zero-order valence-electron chi connectivity index (χ0n) is 57.6. The number of esters is 4. The molecular weight excluding hydrogens is 1170 g/mol. The summed E-state index contributed by atoms with van der Waals surface area (Å²) in [5.41, 5.74) is 0. The molecule has 0 aromatic carbocycles. The van der Waals surface area contributed by atoms with E-state index < -0.39 is 97.5 Å². The molecule has 0 aliphatic rings. The molecule has 0 aromatic rings. The van der Waals surface area contributed by atoms with E-state index in [0.717, 1.165) is 109 Å². The third-order valence-corrected chi connectivity index (χ3v) is 18.2. The lowest BCUT2D eigenvalue weighted by molar-refractivity contribution is -0.161. The highest BCUT2D eigenvalue weighted by Gasteiger charge is 2.30. The number of aliphatic hydroxyl groups excluding tert-OH is 1. The fraction of sp³-hybridized carbons (Fsp3) is 0.943. The van der Waals surface area contributed by atoms with E-state index in [0.29, 0.717) is 25.7 Å². The van der Waals surface area contributed by atoms with Crippen molar-refractivity contribution in [2.75, 3.05) is 39.6 Å². The zero-order chi connectivity index (χ0) is 65.6. The van der Waals surface area contributed by atoms with Crippen molar-refractivity contribution in [3.05, 3.63) is 0 Å². The number of rotatable bonds is 70. The molecule has 0 aromatic heterocycles. The molecule has 0 heterocycles. The molecule has 0 rings (SSSR count). The molecule has 2 unspecified atom stereocenters. The van der Waals surface area contributed by atoms with Crippen LogP contribution in [0.3, 0.4) is 0 Å². The van der Waals surface area contributed by atoms with Crippen LogP contribution in [0.4, 0.5) is 0 Å². The third kappa shape index (κ3) is 64.6. The van der Waals surface area contributed by atoms with E-state index in [1.165, 1.54) is 173 Å². The normalized spacial score (nSPS) is 14.1. The average molecular weight is 1310 g/mol. The first-order valence-corrected chi connectivity index (χ1v) is 39.6. The number of unbranched alkanes of at least 4 members (excludes halogenated alkanes) is 42. The quantitative estimate of drug-likeness (QED) is 0.0222. The van der Waals surface area contributed by atoms with E-state index in [2.05, 4.69) is 34.6 Å². The lowest BCUT2D eigenvalue weighted by Gasteiger charge is -2.21. The van der Waals surface area contributed by atoms with Crippen LogP contribution < -0.4 is 0 Å². The van der Waals surface area contributed by atoms with Gasteiger partial charge in [0.05, 0.1) is 26.4 Å². The minimum atomic E-state index is -4.95. The topological polar surface area (TPSA) is 237 Å². The maximum absolute atomic E-state index is 13.0. The summed E-state index contributed by atoms with van der Waals surface area (Å²) in [4.78, 5) is 72.3. The van der Waals surface area contributed by atoms with Crippen LogP contribution in [0.2, 0.25) is 0 Å². The van der Waals surface area contributed by atoms with Crippen LogP contribution in [0.15, 0.2) is 0 Å². The highest BCUT2D eigenvalue weighted by Crippen LogP contribution is 2.45. The van der Waals surface area contributed by atoms with Crippen molar-refractivity contribution in [2.45, 2.75) is 380 Å². The molecule has 0 radical (unpaired) electrons. The summed E-state index contributed by atoms with van der Waals surface area (Å²) < 4.78 is 68.1. The van der Waals surface area contributed by atoms with Gasteiger partial charge in [0.25, 0.3) is 0 Å². The van der Waals surface area contributed by atoms with Crippen LogP contribution in [0.5, 0.6) is 0 Å². The average Bonchev–Trinajstić information content (AvgIpc) is 3.62. The van der Waals surface area contributed by atoms with Crippen LogP contribution in [0.25, 0.3) is 0 Å². The number of phosphoric ester groups is 2. The summed E-state index contributed by atoms with van der Waals surface area (Å²) in [7, 11) is -9.89. The SMILES string of the molecule is CCCCCCCCCCCCCCC(=O)OC[C@H](COP(=O)(O)OC[C@@H](O)COP(=O)(O)OC[C@@H](COC(=O)CCCCCCCCC)OC(=O)CCCCCCCCCCC)OC(=O)CCCCCCCCCCCCCCCCCCCCC(C)C. The van der Waals surface area contributed by atoms with Crippen molar-refractivity contribution in [1.29, 1.82) is 0 Å². The third-order valence-electron chi connectivity index (χ3n) is 16.3. The number of carbonyl (C=O) groups is 4. The van der Waals surface area contributed by atoms with Gasteiger partial charge < -0.3 is 33.8 Å². The lowest BCUT2D eigenvalue weighted by Crippen LogP contribution is -2.30. The number of aliphatic hydroxyl groups is 1. The van der Waals surface area contributed by atoms with Gasteiger partial charge in [0, 0.05) is 25.7 Å². The standard InChI is InChI=1S/C70H136O17P2/c1-6-9-12-15-18-20-21-31-35-39-44-49-54-68(73)81-60-66(87-70(75)56-51-46-41-36-32-29-27-25-23-22-24-26-28-30-34-38-42-47-52-63(4)5)62-85-89(78,79)83-58-64(71)57-82-88(76,77)84-61-65(59-80-67(72)53-48-43-37-17-14-11-8-3)86-69(74)55-50-45-40-33-19-16-13-10-7-2/h63-66,71H,6-62H2,1-5H3,(H,76,77)(H,78,79)/t64-,65+,66+/m0/s1. The number of hydrogen-bond acceptors (Lipinski definition) is 15. The molecule has 3 N–H and O–H groups in total. The van der Waals surface area contributed by atoms with Gasteiger partial charge in [0.2, 0.25) is 0 Å². The van der Waals surface area contributed by atoms with Crippen LogP contribution >= 0.6 is 15.6 Å². The maximum Gasteiger partial charge on any atom is 0.472 e. The first-order chi connectivity index (χ1) is 43.0. The fourth-order valence-corrected chi connectivity index (χ4v) is 12.2. The lowest BCUT2D eigenvalue weighted by atomic mass is 10.0. The van der Waals surface area contributed by atoms with Crippen molar-refractivity contribution in [3.8, 4) is 0 Å². The van der Waals surface area contributed by atoms with Gasteiger partial charge in [0.15, 0.2) is 12.2 Å². The van der Waals surface area contributed by atoms with Crippen LogP contribution in [0.1, 0.15) is 362 Å². The maximum atomic E-state index is 13.0. The molecule has 19 heteroatoms. The van der Waals surface area contributed by atoms with Gasteiger partial charge >= 0.3 is 39.5 Å². The fourth-order valence-electron chi connectivity index (χ4n) is 10.6. The largest absolute Gasteiger partial charge is 0.472 e. The van der Waals surface area contributed by atoms with E-state index in [-0.39, 0.29) is 25.7 Å². The van der Waals surface area contributed by atoms with Crippen molar-refractivity contribution in [2.24, 2.45) is 5.92 Å². The van der Waals surface area contributed by atoms with Gasteiger partial charge in [-0.25, -0.2) is 9.13 Å². The minimum Gasteiger partial charge on any atom is -0.462 e. The summed E-state index contributed by atoms with van der Waals surface area (Å²) in [6.07, 6.45) is 50.2. The second-order valence-electron chi connectivity index (χ2n) is 25.7. The molecule has 0 fully saturated rings. The van der Waals surface area contributed by atoms with E-state index in [9.17, 15) is 43.2 Å². The van der Waals surface area contributed by atoms with E-state index in [1.54, 1.807) is 0 Å². The molecule has 0 aliphatic heterocycles. The summed E-state index contributed by atoms with van der Waals surface area (Å²) in [6.45, 7) is 7.22. The molecule has 528 valence electrons. The van der Waals surface area contributed by atoms with Gasteiger partial charge in [-0.3, -0.25) is 37.3 Å². The number of carbonyl (C=O) groups excluding carboxylic acids is 4. The summed E-state index contributed by atoms with van der Waals surface area (Å²) >= 11 is 0. The van der Waals surface area contributed by atoms with E-state index in [1.807, 2.05) is 0 Å². The predicted molar refractivity (Wildman–Crippen MR) is 358 cm³/mol. The van der Waals surface area contributed by atoms with Crippen molar-refractivity contribution < 1.29 is 80.2 Å². The Morgan fingerprint density at radius 3 is 0.764 bits per heavy atom. The molecule has 0 aliphatic carbocycles. The molecule has 5 atom stereocenters. The number of ether oxygens (including phenoxy) is 4. The van der Waals surface area contributed by atoms with Crippen LogP contribution in [-0.4, -0.2) is 96.7 Å². The Morgan fingerprint density at radius 1 is 0.303 bits per heavy atom. The van der Waals surface area contributed by atoms with Gasteiger partial charge in [0.1, 0.15) is 19.3 Å². The minimum absolute atomic E-state index is 0.106. The second kappa shape index (κ2) is 63.5. The van der Waals surface area contributed by atoms with Crippen molar-refractivity contribution >= 4 is 39.5 Å². The smallest absolute Gasteiger partial charge is 0.462 e. The Hall–Kier alpha value is -1.94. The molecular formula is C70H136O17P2. The zero-order valence-corrected chi connectivity index (χ0v) is 59.4. The summed E-state index contributed by atoms with van der Waals surface area (Å²) in [5.74, 6) is -1.31. The Labute approximate surface area is 543 Å². The van der Waals surface area contributed by atoms with E-state index in [4.69, 9.17) is 37.0 Å². The highest BCUT2D eigenvalue weighted by molar-refractivity contribution is 7.47. The Kier molecular flexibility index (Phi) is 62.1. The van der Waals surface area contributed by atoms with Crippen molar-refractivity contribution in [1.82, 2.24) is 0 Å². The Morgan fingerprint density at radius 2 is 0.517 bits per heavy atom. The Bertz CT molecular complexity index is 1720. The summed E-state index contributed by atoms with van der Waals surface area (Å²) in [5, 5.41) is 10.6. The van der Waals surface area contributed by atoms with E-state index >= 15 is 0 Å². The number of hydrogen-bond donors (Lipinski definition) is 3. The highest BCUT2D eigenvalue weighted by atomic mass is 31.2. The summed E-state index contributed by atoms with van der Waals surface area (Å²) in [6, 6.07) is 0. The molecule has 0 amide bonds. The number of phosphoric acid groups is 2. The first kappa shape index (κ1) is 87.1. The van der Waals surface area contributed by atoms with Gasteiger partial charge in [-0.15, -0.1) is 0 Å². The molecule has 89 heavy (non-hydrogen) atoms.